The van der Waals surface area contributed by atoms with Crippen LogP contribution < -0.4 is 4.90 Å². The molecule has 0 atom stereocenters. The maximum atomic E-state index is 11.4. The molecule has 1 aromatic carbocycles. The third-order valence-electron chi connectivity index (χ3n) is 3.01. The van der Waals surface area contributed by atoms with Gasteiger partial charge in [-0.15, -0.1) is 0 Å². The smallest absolute Gasteiger partial charge is 0.160 e. The van der Waals surface area contributed by atoms with E-state index in [1.807, 2.05) is 18.2 Å². The highest BCUT2D eigenvalue weighted by Crippen LogP contribution is 2.24. The molecule has 1 rings (SSSR count). The Kier molecular flexibility index (Phi) is 6.52. The van der Waals surface area contributed by atoms with Gasteiger partial charge in [0, 0.05) is 35.4 Å². The zero-order valence-electron chi connectivity index (χ0n) is 12.2. The van der Waals surface area contributed by atoms with Crippen LogP contribution in [0.3, 0.4) is 0 Å². The summed E-state index contributed by atoms with van der Waals surface area (Å²) in [6, 6.07) is 5.98. The van der Waals surface area contributed by atoms with E-state index in [0.717, 1.165) is 36.1 Å². The monoisotopic (exact) mass is 326 g/mol. The summed E-state index contributed by atoms with van der Waals surface area (Å²) >= 11 is 3.49. The Morgan fingerprint density at radius 2 is 1.89 bits per heavy atom. The first-order chi connectivity index (χ1) is 8.95. The molecule has 0 heterocycles. The number of ketones is 1. The third kappa shape index (κ3) is 4.96. The highest BCUT2D eigenvalue weighted by atomic mass is 79.9. The Balaban J connectivity index is 2.90. The van der Waals surface area contributed by atoms with Crippen LogP contribution in [0.25, 0.3) is 0 Å². The molecule has 0 spiro atoms. The predicted molar refractivity (Wildman–Crippen MR) is 85.2 cm³/mol. The van der Waals surface area contributed by atoms with Gasteiger partial charge in [-0.3, -0.25) is 4.79 Å². The van der Waals surface area contributed by atoms with Crippen molar-refractivity contribution in [3.8, 4) is 0 Å². The molecule has 0 N–H and O–H groups in total. The van der Waals surface area contributed by atoms with Gasteiger partial charge in [0.2, 0.25) is 0 Å². The van der Waals surface area contributed by atoms with Crippen molar-refractivity contribution in [2.75, 3.05) is 38.6 Å². The number of carbonyl (C=O) groups excluding carboxylic acids is 1. The van der Waals surface area contributed by atoms with Gasteiger partial charge in [-0.1, -0.05) is 6.92 Å². The number of hydrogen-bond donors (Lipinski definition) is 0. The first kappa shape index (κ1) is 16.2. The van der Waals surface area contributed by atoms with Crippen LogP contribution in [-0.2, 0) is 0 Å². The largest absolute Gasteiger partial charge is 0.370 e. The molecule has 0 aliphatic heterocycles. The number of rotatable bonds is 7. The normalized spacial score (nSPS) is 10.8. The minimum absolute atomic E-state index is 0.0914. The van der Waals surface area contributed by atoms with Crippen LogP contribution in [0.15, 0.2) is 22.7 Å². The number of nitrogens with zero attached hydrogens (tertiary/aromatic N) is 2. The van der Waals surface area contributed by atoms with Gasteiger partial charge in [-0.25, -0.2) is 0 Å². The number of Topliss-reactive ketones (excluding diaryl/α,β-unsaturated/α-hetero) is 1. The highest BCUT2D eigenvalue weighted by Gasteiger charge is 2.10. The highest BCUT2D eigenvalue weighted by molar-refractivity contribution is 9.10. The van der Waals surface area contributed by atoms with Crippen molar-refractivity contribution in [2.24, 2.45) is 0 Å². The Morgan fingerprint density at radius 3 is 2.37 bits per heavy atom. The number of anilines is 1. The second kappa shape index (κ2) is 7.65. The topological polar surface area (TPSA) is 23.6 Å². The molecule has 0 unspecified atom stereocenters. The maximum absolute atomic E-state index is 11.4. The van der Waals surface area contributed by atoms with Gasteiger partial charge >= 0.3 is 0 Å². The fourth-order valence-corrected chi connectivity index (χ4v) is 2.59. The van der Waals surface area contributed by atoms with E-state index in [9.17, 15) is 4.79 Å². The van der Waals surface area contributed by atoms with Crippen molar-refractivity contribution in [3.05, 3.63) is 28.2 Å². The molecule has 0 aliphatic carbocycles. The quantitative estimate of drug-likeness (QED) is 0.717. The lowest BCUT2D eigenvalue weighted by atomic mass is 10.1. The van der Waals surface area contributed by atoms with E-state index < -0.39 is 0 Å². The number of likely N-dealkylation sites (N-methyl/N-ethyl adjacent to an activating group) is 1. The summed E-state index contributed by atoms with van der Waals surface area (Å²) in [5.74, 6) is 0.0914. The van der Waals surface area contributed by atoms with Gasteiger partial charge in [0.1, 0.15) is 0 Å². The number of halogens is 1. The first-order valence-electron chi connectivity index (χ1n) is 6.65. The summed E-state index contributed by atoms with van der Waals surface area (Å²) in [5, 5.41) is 0. The Morgan fingerprint density at radius 1 is 1.21 bits per heavy atom. The summed E-state index contributed by atoms with van der Waals surface area (Å²) in [7, 11) is 4.16. The van der Waals surface area contributed by atoms with Crippen LogP contribution in [-0.4, -0.2) is 44.4 Å². The van der Waals surface area contributed by atoms with Gasteiger partial charge < -0.3 is 9.80 Å². The summed E-state index contributed by atoms with van der Waals surface area (Å²) in [5.41, 5.74) is 1.91. The third-order valence-corrected chi connectivity index (χ3v) is 3.66. The van der Waals surface area contributed by atoms with Crippen LogP contribution >= 0.6 is 15.9 Å². The van der Waals surface area contributed by atoms with Crippen LogP contribution in [0.4, 0.5) is 5.69 Å². The predicted octanol–water partition coefficient (Wildman–Crippen LogP) is 3.43. The van der Waals surface area contributed by atoms with Crippen LogP contribution in [0, 0.1) is 0 Å². The Labute approximate surface area is 124 Å². The Hall–Kier alpha value is -0.870. The molecular formula is C15H23BrN2O. The SMILES string of the molecule is CCCN(CCN(C)C)c1ccc(C(C)=O)c(Br)c1. The lowest BCUT2D eigenvalue weighted by molar-refractivity contribution is 0.101. The van der Waals surface area contributed by atoms with Crippen molar-refractivity contribution in [1.82, 2.24) is 4.90 Å². The fourth-order valence-electron chi connectivity index (χ4n) is 1.95. The molecule has 1 aromatic rings. The van der Waals surface area contributed by atoms with Crippen LogP contribution in [0.2, 0.25) is 0 Å². The van der Waals surface area contributed by atoms with Gasteiger partial charge in [0.15, 0.2) is 5.78 Å². The molecule has 0 saturated carbocycles. The lowest BCUT2D eigenvalue weighted by Gasteiger charge is -2.26. The lowest BCUT2D eigenvalue weighted by Crippen LogP contribution is -2.32. The van der Waals surface area contributed by atoms with E-state index in [1.54, 1.807) is 6.92 Å². The van der Waals surface area contributed by atoms with E-state index in [1.165, 1.54) is 5.69 Å². The van der Waals surface area contributed by atoms with Crippen molar-refractivity contribution in [3.63, 3.8) is 0 Å². The maximum Gasteiger partial charge on any atom is 0.160 e. The van der Waals surface area contributed by atoms with E-state index in [-0.39, 0.29) is 5.78 Å². The summed E-state index contributed by atoms with van der Waals surface area (Å²) in [4.78, 5) is 16.0. The van der Waals surface area contributed by atoms with Gasteiger partial charge in [-0.05, 0) is 61.6 Å². The molecule has 4 heteroatoms. The number of benzene rings is 1. The van der Waals surface area contributed by atoms with E-state index >= 15 is 0 Å². The van der Waals surface area contributed by atoms with Crippen LogP contribution in [0.5, 0.6) is 0 Å². The average Bonchev–Trinajstić information content (AvgIpc) is 2.33. The van der Waals surface area contributed by atoms with Gasteiger partial charge in [0.25, 0.3) is 0 Å². The van der Waals surface area contributed by atoms with E-state index in [0.29, 0.717) is 0 Å². The molecule has 0 aromatic heterocycles. The molecule has 106 valence electrons. The van der Waals surface area contributed by atoms with Crippen molar-refractivity contribution < 1.29 is 4.79 Å². The molecule has 3 nitrogen and oxygen atoms in total. The number of hydrogen-bond acceptors (Lipinski definition) is 3. The van der Waals surface area contributed by atoms with Crippen LogP contribution in [0.1, 0.15) is 30.6 Å². The average molecular weight is 327 g/mol. The zero-order chi connectivity index (χ0) is 14.4. The molecule has 0 aliphatic rings. The van der Waals surface area contributed by atoms with Crippen molar-refractivity contribution in [2.45, 2.75) is 20.3 Å². The van der Waals surface area contributed by atoms with E-state index in [2.05, 4.69) is 46.7 Å². The van der Waals surface area contributed by atoms with Gasteiger partial charge in [0.05, 0.1) is 0 Å². The first-order valence-corrected chi connectivity index (χ1v) is 7.45. The summed E-state index contributed by atoms with van der Waals surface area (Å²) < 4.78 is 0.878. The molecule has 0 fully saturated rings. The summed E-state index contributed by atoms with van der Waals surface area (Å²) in [6.07, 6.45) is 1.11. The second-order valence-electron chi connectivity index (χ2n) is 5.01. The zero-order valence-corrected chi connectivity index (χ0v) is 13.8. The minimum Gasteiger partial charge on any atom is -0.370 e. The molecular weight excluding hydrogens is 304 g/mol. The fraction of sp³-hybridized carbons (Fsp3) is 0.533. The second-order valence-corrected chi connectivity index (χ2v) is 5.86. The van der Waals surface area contributed by atoms with Gasteiger partial charge in [-0.2, -0.15) is 0 Å². The minimum atomic E-state index is 0.0914. The molecule has 0 radical (unpaired) electrons. The number of carbonyl (C=O) groups is 1. The molecule has 0 amide bonds. The van der Waals surface area contributed by atoms with Crippen molar-refractivity contribution in [1.29, 1.82) is 0 Å². The Bertz CT molecular complexity index is 432. The molecule has 0 bridgehead atoms. The van der Waals surface area contributed by atoms with E-state index in [4.69, 9.17) is 0 Å². The van der Waals surface area contributed by atoms with Crippen molar-refractivity contribution >= 4 is 27.4 Å². The molecule has 19 heavy (non-hydrogen) atoms. The molecule has 0 saturated heterocycles. The summed E-state index contributed by atoms with van der Waals surface area (Å²) in [6.45, 7) is 6.82. The standard InChI is InChI=1S/C15H23BrN2O/c1-5-8-18(10-9-17(3)4)13-6-7-14(12(2)19)15(16)11-13/h6-7,11H,5,8-10H2,1-4H3.